The first kappa shape index (κ1) is 18.3. The molecule has 2 aromatic rings. The molecule has 1 saturated carbocycles. The fourth-order valence-electron chi connectivity index (χ4n) is 4.33. The average molecular weight is 380 g/mol. The highest BCUT2D eigenvalue weighted by Gasteiger charge is 2.69. The number of anilines is 2. The van der Waals surface area contributed by atoms with E-state index in [1.807, 2.05) is 48.5 Å². The van der Waals surface area contributed by atoms with Crippen LogP contribution in [-0.2, 0) is 9.59 Å². The third-order valence-corrected chi connectivity index (χ3v) is 5.76. The summed E-state index contributed by atoms with van der Waals surface area (Å²) in [6, 6.07) is 18.4. The maximum absolute atomic E-state index is 13.1. The first-order chi connectivity index (χ1) is 13.6. The number of benzene rings is 2. The van der Waals surface area contributed by atoms with Crippen LogP contribution in [0.5, 0.6) is 0 Å². The van der Waals surface area contributed by atoms with Gasteiger partial charge in [-0.3, -0.25) is 30.9 Å². The molecule has 1 atom stereocenters. The van der Waals surface area contributed by atoms with Crippen LogP contribution in [0.25, 0.3) is 0 Å². The zero-order chi connectivity index (χ0) is 19.6. The summed E-state index contributed by atoms with van der Waals surface area (Å²) in [4.78, 5) is 26.0. The molecule has 2 aromatic carbocycles. The van der Waals surface area contributed by atoms with E-state index in [4.69, 9.17) is 0 Å². The van der Waals surface area contributed by atoms with Crippen molar-refractivity contribution in [2.45, 2.75) is 43.2 Å². The van der Waals surface area contributed by atoms with Gasteiger partial charge in [0, 0.05) is 0 Å². The Morgan fingerprint density at radius 2 is 1.57 bits per heavy atom. The molecule has 2 fully saturated rings. The lowest BCUT2D eigenvalue weighted by Crippen LogP contribution is -2.68. The van der Waals surface area contributed by atoms with Gasteiger partial charge in [-0.2, -0.15) is 0 Å². The fraction of sp³-hybridized carbons (Fsp3) is 0.333. The Balaban J connectivity index is 1.67. The first-order valence-electron chi connectivity index (χ1n) is 9.58. The quantitative estimate of drug-likeness (QED) is 0.482. The van der Waals surface area contributed by atoms with Crippen molar-refractivity contribution >= 4 is 23.2 Å². The monoisotopic (exact) mass is 380 g/mol. The minimum absolute atomic E-state index is 0.538. The maximum atomic E-state index is 13.1. The van der Waals surface area contributed by atoms with Gasteiger partial charge in [-0.1, -0.05) is 55.7 Å². The number of nitrogens with one attached hydrogen (secondary N) is 3. The van der Waals surface area contributed by atoms with Gasteiger partial charge in [-0.05, 0) is 37.1 Å². The molecule has 1 heterocycles. The van der Waals surface area contributed by atoms with E-state index in [1.54, 1.807) is 17.1 Å². The topological polar surface area (TPSA) is 93.7 Å². The number of carbonyl (C=O) groups is 2. The number of carbonyl (C=O) groups excluding carboxylic acids is 2. The van der Waals surface area contributed by atoms with Crippen LogP contribution < -0.4 is 21.3 Å². The van der Waals surface area contributed by atoms with Gasteiger partial charge in [0.25, 0.3) is 17.4 Å². The highest BCUT2D eigenvalue weighted by molar-refractivity contribution is 6.13. The van der Waals surface area contributed by atoms with Crippen LogP contribution in [0.3, 0.4) is 0 Å². The third kappa shape index (κ3) is 2.79. The lowest BCUT2D eigenvalue weighted by molar-refractivity contribution is -0.156. The van der Waals surface area contributed by atoms with E-state index in [1.165, 1.54) is 0 Å². The Morgan fingerprint density at radius 1 is 0.964 bits per heavy atom. The predicted molar refractivity (Wildman–Crippen MR) is 106 cm³/mol. The minimum Gasteiger partial charge on any atom is -0.370 e. The molecule has 0 bridgehead atoms. The Labute approximate surface area is 163 Å². The molecule has 7 heteroatoms. The molecule has 1 aliphatic heterocycles. The van der Waals surface area contributed by atoms with Crippen molar-refractivity contribution in [2.75, 3.05) is 10.4 Å². The van der Waals surface area contributed by atoms with Crippen molar-refractivity contribution in [3.05, 3.63) is 60.7 Å². The summed E-state index contributed by atoms with van der Waals surface area (Å²) in [5.41, 5.74) is 6.24. The Morgan fingerprint density at radius 3 is 2.21 bits per heavy atom. The molecule has 1 unspecified atom stereocenters. The van der Waals surface area contributed by atoms with E-state index in [9.17, 15) is 14.7 Å². The predicted octanol–water partition coefficient (Wildman–Crippen LogP) is 2.12. The molecule has 4 N–H and O–H groups in total. The van der Waals surface area contributed by atoms with Gasteiger partial charge in [0.2, 0.25) is 0 Å². The van der Waals surface area contributed by atoms with Crippen molar-refractivity contribution in [3.8, 4) is 0 Å². The van der Waals surface area contributed by atoms with Crippen LogP contribution in [0.4, 0.5) is 11.4 Å². The largest absolute Gasteiger partial charge is 0.370 e. The Bertz CT molecular complexity index is 852. The Kier molecular flexibility index (Phi) is 4.68. The first-order valence-corrected chi connectivity index (χ1v) is 9.58. The van der Waals surface area contributed by atoms with E-state index in [-0.39, 0.29) is 0 Å². The van der Waals surface area contributed by atoms with E-state index in [0.717, 1.165) is 24.9 Å². The van der Waals surface area contributed by atoms with Crippen LogP contribution in [0.1, 0.15) is 32.1 Å². The number of aliphatic hydroxyl groups is 1. The number of amides is 2. The molecule has 7 nitrogen and oxygen atoms in total. The fourth-order valence-corrected chi connectivity index (χ4v) is 4.33. The lowest BCUT2D eigenvalue weighted by Gasteiger charge is -2.46. The molecule has 1 spiro atoms. The highest BCUT2D eigenvalue weighted by Crippen LogP contribution is 2.46. The van der Waals surface area contributed by atoms with E-state index < -0.39 is 23.0 Å². The van der Waals surface area contributed by atoms with Gasteiger partial charge in [-0.15, -0.1) is 0 Å². The number of hydrogen-bond donors (Lipinski definition) is 4. The molecular weight excluding hydrogens is 356 g/mol. The molecule has 1 aliphatic carbocycles. The van der Waals surface area contributed by atoms with Crippen LogP contribution in [0, 0.1) is 0 Å². The molecule has 146 valence electrons. The van der Waals surface area contributed by atoms with Crippen molar-refractivity contribution in [2.24, 2.45) is 0 Å². The number of hydrazine groups is 2. The van der Waals surface area contributed by atoms with E-state index >= 15 is 0 Å². The smallest absolute Gasteiger partial charge is 0.283 e. The molecule has 0 aromatic heterocycles. The van der Waals surface area contributed by atoms with Crippen LogP contribution in [0.2, 0.25) is 0 Å². The van der Waals surface area contributed by atoms with Gasteiger partial charge in [0.05, 0.1) is 11.4 Å². The molecule has 1 saturated heterocycles. The molecule has 2 aliphatic rings. The van der Waals surface area contributed by atoms with Gasteiger partial charge >= 0.3 is 0 Å². The lowest BCUT2D eigenvalue weighted by atomic mass is 9.69. The van der Waals surface area contributed by atoms with E-state index in [0.29, 0.717) is 18.5 Å². The average Bonchev–Trinajstić information content (AvgIpc) is 2.96. The molecule has 0 radical (unpaired) electrons. The summed E-state index contributed by atoms with van der Waals surface area (Å²) >= 11 is 0. The summed E-state index contributed by atoms with van der Waals surface area (Å²) < 4.78 is 0. The number of para-hydroxylation sites is 2. The molecule has 2 amide bonds. The third-order valence-electron chi connectivity index (χ3n) is 5.76. The SMILES string of the molecule is O=C(NNc1ccccc1)C1(O)C(=O)NN(c2ccccc2)C12CCCCC2. The molecule has 4 rings (SSSR count). The van der Waals surface area contributed by atoms with Crippen molar-refractivity contribution < 1.29 is 14.7 Å². The summed E-state index contributed by atoms with van der Waals surface area (Å²) in [6.07, 6.45) is 3.75. The number of nitrogens with zero attached hydrogens (tertiary/aromatic N) is 1. The van der Waals surface area contributed by atoms with Crippen LogP contribution in [-0.4, -0.2) is 28.1 Å². The van der Waals surface area contributed by atoms with Crippen LogP contribution >= 0.6 is 0 Å². The number of rotatable bonds is 4. The standard InChI is InChI=1S/C21H24N4O3/c26-18(23-22-16-10-4-1-5-11-16)21(28)19(27)24-25(17-12-6-2-7-13-17)20(21)14-8-3-9-15-20/h1-2,4-7,10-13,22,28H,3,8-9,14-15H2,(H,23,26)(H,24,27). The van der Waals surface area contributed by atoms with Gasteiger partial charge in [0.15, 0.2) is 0 Å². The van der Waals surface area contributed by atoms with E-state index in [2.05, 4.69) is 16.3 Å². The number of hydrogen-bond acceptors (Lipinski definition) is 5. The maximum Gasteiger partial charge on any atom is 0.283 e. The Hall–Kier alpha value is -3.06. The summed E-state index contributed by atoms with van der Waals surface area (Å²) in [7, 11) is 0. The van der Waals surface area contributed by atoms with Crippen molar-refractivity contribution in [3.63, 3.8) is 0 Å². The van der Waals surface area contributed by atoms with Crippen molar-refractivity contribution in [1.29, 1.82) is 0 Å². The zero-order valence-electron chi connectivity index (χ0n) is 15.5. The molecular formula is C21H24N4O3. The highest BCUT2D eigenvalue weighted by atomic mass is 16.3. The summed E-state index contributed by atoms with van der Waals surface area (Å²) in [5, 5.41) is 13.2. The second kappa shape index (κ2) is 7.16. The molecule has 28 heavy (non-hydrogen) atoms. The van der Waals surface area contributed by atoms with Crippen LogP contribution in [0.15, 0.2) is 60.7 Å². The van der Waals surface area contributed by atoms with Crippen molar-refractivity contribution in [1.82, 2.24) is 10.9 Å². The second-order valence-electron chi connectivity index (χ2n) is 7.36. The van der Waals surface area contributed by atoms with Gasteiger partial charge in [0.1, 0.15) is 5.54 Å². The van der Waals surface area contributed by atoms with Gasteiger partial charge < -0.3 is 5.11 Å². The minimum atomic E-state index is -2.20. The second-order valence-corrected chi connectivity index (χ2v) is 7.36. The zero-order valence-corrected chi connectivity index (χ0v) is 15.5. The van der Waals surface area contributed by atoms with Gasteiger partial charge in [-0.25, -0.2) is 0 Å². The summed E-state index contributed by atoms with van der Waals surface area (Å²) in [6.45, 7) is 0. The summed E-state index contributed by atoms with van der Waals surface area (Å²) in [5.74, 6) is -1.46. The normalized spacial score (nSPS) is 23.3.